The Kier molecular flexibility index (Phi) is 4.56. The van der Waals surface area contributed by atoms with Crippen molar-refractivity contribution in [1.82, 2.24) is 4.90 Å². The van der Waals surface area contributed by atoms with Crippen molar-refractivity contribution in [2.75, 3.05) is 13.1 Å². The van der Waals surface area contributed by atoms with Crippen molar-refractivity contribution in [3.8, 4) is 11.3 Å². The van der Waals surface area contributed by atoms with E-state index >= 15 is 0 Å². The average molecular weight is 361 g/mol. The van der Waals surface area contributed by atoms with Crippen LogP contribution in [0.25, 0.3) is 22.3 Å². The molecule has 0 N–H and O–H groups in total. The number of rotatable bonds is 2. The van der Waals surface area contributed by atoms with Crippen molar-refractivity contribution in [2.24, 2.45) is 5.92 Å². The first-order valence-electron chi connectivity index (χ1n) is 9.47. The minimum absolute atomic E-state index is 0.0573. The number of nitrogens with zero attached hydrogens (tertiary/aromatic N) is 1. The highest BCUT2D eigenvalue weighted by Gasteiger charge is 2.25. The van der Waals surface area contributed by atoms with Gasteiger partial charge in [0.2, 0.25) is 0 Å². The Morgan fingerprint density at radius 2 is 1.89 bits per heavy atom. The maximum absolute atomic E-state index is 13.2. The smallest absolute Gasteiger partial charge is 0.257 e. The third-order valence-electron chi connectivity index (χ3n) is 5.36. The third-order valence-corrected chi connectivity index (χ3v) is 5.36. The summed E-state index contributed by atoms with van der Waals surface area (Å²) in [5, 5.41) is 0.461. The molecule has 1 aliphatic heterocycles. The normalized spacial score (nSPS) is 17.3. The molecule has 1 atom stereocenters. The first-order chi connectivity index (χ1) is 13.1. The number of likely N-dealkylation sites (tertiary alicyclic amines) is 1. The summed E-state index contributed by atoms with van der Waals surface area (Å²) in [6, 6.07) is 14.8. The largest absolute Gasteiger partial charge is 0.455 e. The summed E-state index contributed by atoms with van der Waals surface area (Å²) < 4.78 is 6.18. The van der Waals surface area contributed by atoms with Gasteiger partial charge in [-0.3, -0.25) is 9.59 Å². The Morgan fingerprint density at radius 3 is 2.63 bits per heavy atom. The Bertz CT molecular complexity index is 1050. The lowest BCUT2D eigenvalue weighted by Gasteiger charge is -2.31. The summed E-state index contributed by atoms with van der Waals surface area (Å²) in [7, 11) is 0. The Labute approximate surface area is 158 Å². The predicted molar refractivity (Wildman–Crippen MR) is 107 cm³/mol. The number of para-hydroxylation sites is 1. The molecule has 2 aromatic carbocycles. The summed E-state index contributed by atoms with van der Waals surface area (Å²) in [6.45, 7) is 5.44. The van der Waals surface area contributed by atoms with Crippen molar-refractivity contribution < 1.29 is 9.21 Å². The van der Waals surface area contributed by atoms with Gasteiger partial charge in [0.25, 0.3) is 5.91 Å². The average Bonchev–Trinajstić information content (AvgIpc) is 2.70. The highest BCUT2D eigenvalue weighted by Crippen LogP contribution is 2.28. The van der Waals surface area contributed by atoms with E-state index in [2.05, 4.69) is 6.92 Å². The van der Waals surface area contributed by atoms with E-state index in [1.165, 1.54) is 0 Å². The molecule has 2 heterocycles. The fourth-order valence-electron chi connectivity index (χ4n) is 3.89. The van der Waals surface area contributed by atoms with Gasteiger partial charge in [-0.05, 0) is 37.8 Å². The molecule has 1 amide bonds. The van der Waals surface area contributed by atoms with E-state index < -0.39 is 0 Å². The predicted octanol–water partition coefficient (Wildman–Crippen LogP) is 4.64. The molecule has 4 heteroatoms. The van der Waals surface area contributed by atoms with E-state index in [-0.39, 0.29) is 11.3 Å². The van der Waals surface area contributed by atoms with Crippen LogP contribution in [0.5, 0.6) is 0 Å². The molecule has 1 fully saturated rings. The fourth-order valence-corrected chi connectivity index (χ4v) is 3.89. The zero-order chi connectivity index (χ0) is 19.0. The van der Waals surface area contributed by atoms with Crippen LogP contribution >= 0.6 is 0 Å². The van der Waals surface area contributed by atoms with E-state index in [1.54, 1.807) is 25.1 Å². The van der Waals surface area contributed by atoms with Crippen LogP contribution in [0.4, 0.5) is 0 Å². The van der Waals surface area contributed by atoms with Crippen LogP contribution in [0.3, 0.4) is 0 Å². The zero-order valence-corrected chi connectivity index (χ0v) is 15.7. The number of hydrogen-bond acceptors (Lipinski definition) is 3. The van der Waals surface area contributed by atoms with Gasteiger partial charge < -0.3 is 9.32 Å². The van der Waals surface area contributed by atoms with Crippen molar-refractivity contribution >= 4 is 16.9 Å². The quantitative estimate of drug-likeness (QED) is 0.668. The molecular formula is C23H23NO3. The lowest BCUT2D eigenvalue weighted by molar-refractivity contribution is 0.0684. The SMILES string of the molecule is Cc1c(-c2ccccc2)oc2c(C(=O)N3CCC[C@H](C)C3)cccc2c1=O. The first-order valence-corrected chi connectivity index (χ1v) is 9.47. The fraction of sp³-hybridized carbons (Fsp3) is 0.304. The summed E-state index contributed by atoms with van der Waals surface area (Å²) in [6.07, 6.45) is 2.15. The van der Waals surface area contributed by atoms with Crippen LogP contribution in [-0.4, -0.2) is 23.9 Å². The minimum atomic E-state index is -0.0863. The molecule has 1 aromatic heterocycles. The highest BCUT2D eigenvalue weighted by atomic mass is 16.3. The molecule has 1 aliphatic rings. The van der Waals surface area contributed by atoms with Crippen LogP contribution in [0.15, 0.2) is 57.7 Å². The van der Waals surface area contributed by atoms with Crippen LogP contribution < -0.4 is 5.43 Å². The monoisotopic (exact) mass is 361 g/mol. The topological polar surface area (TPSA) is 50.5 Å². The van der Waals surface area contributed by atoms with E-state index in [1.807, 2.05) is 35.2 Å². The molecule has 0 aliphatic carbocycles. The summed E-state index contributed by atoms with van der Waals surface area (Å²) in [5.41, 5.74) is 2.16. The van der Waals surface area contributed by atoms with Crippen LogP contribution in [0, 0.1) is 12.8 Å². The molecule has 0 spiro atoms. The summed E-state index contributed by atoms with van der Waals surface area (Å²) >= 11 is 0. The van der Waals surface area contributed by atoms with E-state index in [4.69, 9.17) is 4.42 Å². The molecule has 0 bridgehead atoms. The second kappa shape index (κ2) is 7.03. The standard InChI is InChI=1S/C23H23NO3/c1-15-8-7-13-24(14-15)23(26)19-12-6-11-18-20(25)16(2)21(27-22(18)19)17-9-4-3-5-10-17/h3-6,9-12,15H,7-8,13-14H2,1-2H3/t15-/m0/s1. The lowest BCUT2D eigenvalue weighted by Crippen LogP contribution is -2.39. The first kappa shape index (κ1) is 17.5. The molecule has 27 heavy (non-hydrogen) atoms. The van der Waals surface area contributed by atoms with Crippen molar-refractivity contribution in [1.29, 1.82) is 0 Å². The Morgan fingerprint density at radius 1 is 1.11 bits per heavy atom. The number of amides is 1. The van der Waals surface area contributed by atoms with E-state index in [0.29, 0.717) is 33.8 Å². The maximum Gasteiger partial charge on any atom is 0.257 e. The molecule has 0 unspecified atom stereocenters. The molecule has 0 radical (unpaired) electrons. The van der Waals surface area contributed by atoms with Crippen LogP contribution in [-0.2, 0) is 0 Å². The highest BCUT2D eigenvalue weighted by molar-refractivity contribution is 6.05. The van der Waals surface area contributed by atoms with E-state index in [9.17, 15) is 9.59 Å². The van der Waals surface area contributed by atoms with Gasteiger partial charge >= 0.3 is 0 Å². The molecule has 0 saturated carbocycles. The number of benzene rings is 2. The van der Waals surface area contributed by atoms with Crippen molar-refractivity contribution in [2.45, 2.75) is 26.7 Å². The second-order valence-corrected chi connectivity index (χ2v) is 7.43. The number of carbonyl (C=O) groups is 1. The second-order valence-electron chi connectivity index (χ2n) is 7.43. The molecule has 138 valence electrons. The third kappa shape index (κ3) is 3.16. The lowest BCUT2D eigenvalue weighted by atomic mass is 9.99. The number of piperidine rings is 1. The summed E-state index contributed by atoms with van der Waals surface area (Å²) in [5.74, 6) is 0.963. The van der Waals surface area contributed by atoms with Gasteiger partial charge in [-0.15, -0.1) is 0 Å². The number of hydrogen-bond donors (Lipinski definition) is 0. The summed E-state index contributed by atoms with van der Waals surface area (Å²) in [4.78, 5) is 28.0. The molecule has 4 rings (SSSR count). The zero-order valence-electron chi connectivity index (χ0n) is 15.7. The van der Waals surface area contributed by atoms with Gasteiger partial charge in [-0.25, -0.2) is 0 Å². The van der Waals surface area contributed by atoms with Gasteiger partial charge in [-0.2, -0.15) is 0 Å². The van der Waals surface area contributed by atoms with Gasteiger partial charge in [-0.1, -0.05) is 43.3 Å². The van der Waals surface area contributed by atoms with Crippen LogP contribution in [0.1, 0.15) is 35.7 Å². The molecule has 1 saturated heterocycles. The Hall–Kier alpha value is -2.88. The number of fused-ring (bicyclic) bond motifs is 1. The maximum atomic E-state index is 13.2. The van der Waals surface area contributed by atoms with Crippen molar-refractivity contribution in [3.05, 3.63) is 69.9 Å². The molecular weight excluding hydrogens is 338 g/mol. The van der Waals surface area contributed by atoms with Gasteiger partial charge in [0.1, 0.15) is 5.76 Å². The van der Waals surface area contributed by atoms with Crippen LogP contribution in [0.2, 0.25) is 0 Å². The van der Waals surface area contributed by atoms with Crippen molar-refractivity contribution in [3.63, 3.8) is 0 Å². The Balaban J connectivity index is 1.88. The molecule has 4 nitrogen and oxygen atoms in total. The van der Waals surface area contributed by atoms with Gasteiger partial charge in [0.15, 0.2) is 11.0 Å². The molecule has 3 aromatic rings. The van der Waals surface area contributed by atoms with Gasteiger partial charge in [0.05, 0.1) is 10.9 Å². The van der Waals surface area contributed by atoms with E-state index in [0.717, 1.165) is 31.5 Å². The van der Waals surface area contributed by atoms with Gasteiger partial charge in [0, 0.05) is 24.2 Å². The number of carbonyl (C=O) groups excluding carboxylic acids is 1. The minimum Gasteiger partial charge on any atom is -0.455 e.